The molecule has 0 aliphatic carbocycles. The smallest absolute Gasteiger partial charge is 0.325 e. The highest BCUT2D eigenvalue weighted by Crippen LogP contribution is 2.16. The standard InChI is InChI=1S/C13H21N3O3/c1-5-16(8-13(17)18-6-2)11-7-12(15-9-14-11)19-10(3)4/h7,9-10H,5-6,8H2,1-4H3. The number of anilines is 1. The summed E-state index contributed by atoms with van der Waals surface area (Å²) < 4.78 is 10.4. The van der Waals surface area contributed by atoms with Crippen LogP contribution in [0.25, 0.3) is 0 Å². The summed E-state index contributed by atoms with van der Waals surface area (Å²) in [6.07, 6.45) is 1.48. The summed E-state index contributed by atoms with van der Waals surface area (Å²) in [6.45, 7) is 8.79. The molecule has 0 aliphatic heterocycles. The van der Waals surface area contributed by atoms with E-state index in [0.717, 1.165) is 0 Å². The van der Waals surface area contributed by atoms with Gasteiger partial charge in [0.05, 0.1) is 12.7 Å². The summed E-state index contributed by atoms with van der Waals surface area (Å²) in [5.74, 6) is 0.887. The molecular formula is C13H21N3O3. The third kappa shape index (κ3) is 5.11. The van der Waals surface area contributed by atoms with E-state index in [2.05, 4.69) is 9.97 Å². The summed E-state index contributed by atoms with van der Waals surface area (Å²) in [5.41, 5.74) is 0. The Bertz CT molecular complexity index is 410. The Balaban J connectivity index is 2.77. The molecule has 0 aromatic carbocycles. The van der Waals surface area contributed by atoms with Crippen molar-refractivity contribution in [2.24, 2.45) is 0 Å². The Kier molecular flexibility index (Phi) is 6.05. The molecule has 1 aromatic heterocycles. The Morgan fingerprint density at radius 1 is 1.37 bits per heavy atom. The molecule has 0 fully saturated rings. The van der Waals surface area contributed by atoms with E-state index in [1.165, 1.54) is 6.33 Å². The van der Waals surface area contributed by atoms with Gasteiger partial charge in [0.15, 0.2) is 0 Å². The number of aromatic nitrogens is 2. The molecule has 1 heterocycles. The average Bonchev–Trinajstić information content (AvgIpc) is 2.35. The summed E-state index contributed by atoms with van der Waals surface area (Å²) in [7, 11) is 0. The molecule has 0 saturated carbocycles. The molecule has 0 bridgehead atoms. The minimum absolute atomic E-state index is 0.0443. The molecule has 19 heavy (non-hydrogen) atoms. The van der Waals surface area contributed by atoms with Crippen LogP contribution in [0.1, 0.15) is 27.7 Å². The third-order valence-corrected chi connectivity index (χ3v) is 2.32. The van der Waals surface area contributed by atoms with Crippen molar-refractivity contribution in [2.45, 2.75) is 33.8 Å². The van der Waals surface area contributed by atoms with Gasteiger partial charge in [-0.25, -0.2) is 9.97 Å². The predicted octanol–water partition coefficient (Wildman–Crippen LogP) is 1.65. The van der Waals surface area contributed by atoms with Crippen LogP contribution in [0.4, 0.5) is 5.82 Å². The van der Waals surface area contributed by atoms with Gasteiger partial charge in [0.25, 0.3) is 0 Å². The fourth-order valence-corrected chi connectivity index (χ4v) is 1.53. The first-order valence-electron chi connectivity index (χ1n) is 6.46. The van der Waals surface area contributed by atoms with E-state index in [1.54, 1.807) is 13.0 Å². The number of likely N-dealkylation sites (N-methyl/N-ethyl adjacent to an activating group) is 1. The van der Waals surface area contributed by atoms with Gasteiger partial charge in [-0.15, -0.1) is 0 Å². The van der Waals surface area contributed by atoms with Crippen LogP contribution in [0.15, 0.2) is 12.4 Å². The van der Waals surface area contributed by atoms with Gasteiger partial charge in [-0.3, -0.25) is 4.79 Å². The third-order valence-electron chi connectivity index (χ3n) is 2.32. The van der Waals surface area contributed by atoms with Crippen LogP contribution >= 0.6 is 0 Å². The van der Waals surface area contributed by atoms with E-state index in [-0.39, 0.29) is 18.6 Å². The highest BCUT2D eigenvalue weighted by atomic mass is 16.5. The van der Waals surface area contributed by atoms with Gasteiger partial charge in [-0.05, 0) is 27.7 Å². The maximum Gasteiger partial charge on any atom is 0.325 e. The van der Waals surface area contributed by atoms with Crippen molar-refractivity contribution in [3.8, 4) is 5.88 Å². The fourth-order valence-electron chi connectivity index (χ4n) is 1.53. The zero-order valence-electron chi connectivity index (χ0n) is 11.9. The highest BCUT2D eigenvalue weighted by molar-refractivity contribution is 5.75. The van der Waals surface area contributed by atoms with E-state index in [4.69, 9.17) is 9.47 Å². The molecule has 0 unspecified atom stereocenters. The van der Waals surface area contributed by atoms with Crippen LogP contribution in [0, 0.1) is 0 Å². The number of hydrogen-bond acceptors (Lipinski definition) is 6. The molecule has 0 amide bonds. The maximum absolute atomic E-state index is 11.5. The van der Waals surface area contributed by atoms with Crippen molar-refractivity contribution >= 4 is 11.8 Å². The average molecular weight is 267 g/mol. The number of carbonyl (C=O) groups excluding carboxylic acids is 1. The molecule has 0 spiro atoms. The summed E-state index contributed by atoms with van der Waals surface area (Å²) in [6, 6.07) is 1.72. The van der Waals surface area contributed by atoms with E-state index in [1.807, 2.05) is 25.7 Å². The zero-order valence-corrected chi connectivity index (χ0v) is 11.9. The van der Waals surface area contributed by atoms with Gasteiger partial charge in [0.1, 0.15) is 18.7 Å². The number of rotatable bonds is 7. The zero-order chi connectivity index (χ0) is 14.3. The molecule has 1 aromatic rings. The van der Waals surface area contributed by atoms with Crippen molar-refractivity contribution < 1.29 is 14.3 Å². The molecule has 6 heteroatoms. The van der Waals surface area contributed by atoms with Crippen LogP contribution in [0.5, 0.6) is 5.88 Å². The molecule has 0 aliphatic rings. The van der Waals surface area contributed by atoms with Crippen molar-refractivity contribution in [3.05, 3.63) is 12.4 Å². The summed E-state index contributed by atoms with van der Waals surface area (Å²) in [5, 5.41) is 0. The lowest BCUT2D eigenvalue weighted by Crippen LogP contribution is -2.31. The Labute approximate surface area is 113 Å². The maximum atomic E-state index is 11.5. The molecule has 106 valence electrons. The molecule has 1 rings (SSSR count). The van der Waals surface area contributed by atoms with Gasteiger partial charge in [0, 0.05) is 12.6 Å². The van der Waals surface area contributed by atoms with Crippen LogP contribution in [0.3, 0.4) is 0 Å². The highest BCUT2D eigenvalue weighted by Gasteiger charge is 2.13. The number of esters is 1. The van der Waals surface area contributed by atoms with Gasteiger partial charge in [-0.2, -0.15) is 0 Å². The lowest BCUT2D eigenvalue weighted by Gasteiger charge is -2.21. The van der Waals surface area contributed by atoms with Gasteiger partial charge in [0.2, 0.25) is 5.88 Å². The minimum atomic E-state index is -0.269. The van der Waals surface area contributed by atoms with Crippen LogP contribution in [-0.4, -0.2) is 41.7 Å². The van der Waals surface area contributed by atoms with Gasteiger partial charge in [-0.1, -0.05) is 0 Å². The molecule has 0 atom stereocenters. The first-order valence-corrected chi connectivity index (χ1v) is 6.46. The predicted molar refractivity (Wildman–Crippen MR) is 72.3 cm³/mol. The van der Waals surface area contributed by atoms with Gasteiger partial charge >= 0.3 is 5.97 Å². The van der Waals surface area contributed by atoms with E-state index < -0.39 is 0 Å². The van der Waals surface area contributed by atoms with Crippen molar-refractivity contribution in [2.75, 3.05) is 24.6 Å². The van der Waals surface area contributed by atoms with Crippen molar-refractivity contribution in [3.63, 3.8) is 0 Å². The SMILES string of the molecule is CCOC(=O)CN(CC)c1cc(OC(C)C)ncn1. The summed E-state index contributed by atoms with van der Waals surface area (Å²) in [4.78, 5) is 21.5. The van der Waals surface area contributed by atoms with E-state index >= 15 is 0 Å². The molecule has 0 saturated heterocycles. The van der Waals surface area contributed by atoms with E-state index in [0.29, 0.717) is 24.8 Å². The number of ether oxygens (including phenoxy) is 2. The lowest BCUT2D eigenvalue weighted by atomic mass is 10.4. The fraction of sp³-hybridized carbons (Fsp3) is 0.615. The Morgan fingerprint density at radius 2 is 2.11 bits per heavy atom. The van der Waals surface area contributed by atoms with E-state index in [9.17, 15) is 4.79 Å². The number of hydrogen-bond donors (Lipinski definition) is 0. The first kappa shape index (κ1) is 15.2. The molecule has 0 N–H and O–H groups in total. The lowest BCUT2D eigenvalue weighted by molar-refractivity contribution is -0.141. The van der Waals surface area contributed by atoms with Gasteiger partial charge < -0.3 is 14.4 Å². The number of nitrogens with zero attached hydrogens (tertiary/aromatic N) is 3. The second-order valence-corrected chi connectivity index (χ2v) is 4.20. The van der Waals surface area contributed by atoms with Crippen LogP contribution in [0.2, 0.25) is 0 Å². The van der Waals surface area contributed by atoms with Crippen molar-refractivity contribution in [1.29, 1.82) is 0 Å². The normalized spacial score (nSPS) is 10.4. The second kappa shape index (κ2) is 7.56. The minimum Gasteiger partial charge on any atom is -0.475 e. The monoisotopic (exact) mass is 267 g/mol. The first-order chi connectivity index (χ1) is 9.06. The summed E-state index contributed by atoms with van der Waals surface area (Å²) >= 11 is 0. The molecule has 6 nitrogen and oxygen atoms in total. The Morgan fingerprint density at radius 3 is 2.68 bits per heavy atom. The topological polar surface area (TPSA) is 64.5 Å². The quantitative estimate of drug-likeness (QED) is 0.700. The molecule has 0 radical (unpaired) electrons. The Hall–Kier alpha value is -1.85. The van der Waals surface area contributed by atoms with Crippen LogP contribution < -0.4 is 9.64 Å². The number of carbonyl (C=O) groups is 1. The van der Waals surface area contributed by atoms with Crippen molar-refractivity contribution in [1.82, 2.24) is 9.97 Å². The largest absolute Gasteiger partial charge is 0.475 e. The second-order valence-electron chi connectivity index (χ2n) is 4.20. The molecular weight excluding hydrogens is 246 g/mol. The van der Waals surface area contributed by atoms with Crippen LogP contribution in [-0.2, 0) is 9.53 Å².